The van der Waals surface area contributed by atoms with Gasteiger partial charge in [-0.05, 0) is 25.7 Å². The molecule has 7 heteroatoms. The van der Waals surface area contributed by atoms with E-state index in [-0.39, 0.29) is 5.92 Å². The van der Waals surface area contributed by atoms with Crippen molar-refractivity contribution in [2.75, 3.05) is 25.1 Å². The molecule has 2 rings (SSSR count). The maximum atomic E-state index is 11.3. The molecule has 0 amide bonds. The van der Waals surface area contributed by atoms with Crippen molar-refractivity contribution < 1.29 is 14.6 Å². The minimum absolute atomic E-state index is 0.0253. The quantitative estimate of drug-likeness (QED) is 0.811. The van der Waals surface area contributed by atoms with E-state index < -0.39 is 12.1 Å². The Kier molecular flexibility index (Phi) is 4.13. The maximum Gasteiger partial charge on any atom is 0.334 e. The van der Waals surface area contributed by atoms with Crippen LogP contribution in [-0.2, 0) is 9.53 Å². The number of nitrogens with zero attached hydrogens (tertiary/aromatic N) is 3. The molecular weight excluding hydrogens is 254 g/mol. The van der Waals surface area contributed by atoms with Gasteiger partial charge in [-0.3, -0.25) is 0 Å². The summed E-state index contributed by atoms with van der Waals surface area (Å²) in [4.78, 5) is 17.7. The van der Waals surface area contributed by atoms with Gasteiger partial charge in [0, 0.05) is 24.6 Å². The first-order valence-corrected chi connectivity index (χ1v) is 6.70. The van der Waals surface area contributed by atoms with Crippen LogP contribution in [0.5, 0.6) is 0 Å². The Morgan fingerprint density at radius 1 is 1.56 bits per heavy atom. The fourth-order valence-corrected chi connectivity index (χ4v) is 2.86. The van der Waals surface area contributed by atoms with Gasteiger partial charge in [0.25, 0.3) is 0 Å². The SMILES string of the molecule is COC(=O)C(O)C1CCN(c2nc(C)ns2)CC1. The van der Waals surface area contributed by atoms with Crippen LogP contribution in [0.25, 0.3) is 0 Å². The lowest BCUT2D eigenvalue weighted by molar-refractivity contribution is -0.153. The number of hydrogen-bond donors (Lipinski definition) is 1. The lowest BCUT2D eigenvalue weighted by atomic mass is 9.91. The standard InChI is InChI=1S/C11H17N3O3S/c1-7-12-11(18-13-7)14-5-3-8(4-6-14)9(15)10(16)17-2/h8-9,15H,3-6H2,1-2H3. The first-order chi connectivity index (χ1) is 8.61. The predicted octanol–water partition coefficient (Wildman–Crippen LogP) is 0.597. The molecule has 0 spiro atoms. The molecule has 1 aromatic rings. The van der Waals surface area contributed by atoms with Crippen molar-refractivity contribution in [3.05, 3.63) is 5.82 Å². The Morgan fingerprint density at radius 2 is 2.22 bits per heavy atom. The molecule has 0 bridgehead atoms. The number of aliphatic hydroxyl groups excluding tert-OH is 1. The second-order valence-corrected chi connectivity index (χ2v) is 5.15. The van der Waals surface area contributed by atoms with Crippen molar-refractivity contribution in [1.82, 2.24) is 9.36 Å². The minimum atomic E-state index is -1.01. The summed E-state index contributed by atoms with van der Waals surface area (Å²) in [7, 11) is 1.30. The number of aromatic nitrogens is 2. The smallest absolute Gasteiger partial charge is 0.334 e. The zero-order chi connectivity index (χ0) is 13.1. The molecule has 1 unspecified atom stereocenters. The monoisotopic (exact) mass is 271 g/mol. The van der Waals surface area contributed by atoms with Gasteiger partial charge in [0.05, 0.1) is 7.11 Å². The molecule has 1 aliphatic heterocycles. The number of hydrogen-bond acceptors (Lipinski definition) is 7. The van der Waals surface area contributed by atoms with Gasteiger partial charge in [-0.2, -0.15) is 4.37 Å². The lowest BCUT2D eigenvalue weighted by Crippen LogP contribution is -2.40. The van der Waals surface area contributed by atoms with Gasteiger partial charge in [-0.25, -0.2) is 9.78 Å². The molecule has 18 heavy (non-hydrogen) atoms. The number of aryl methyl sites for hydroxylation is 1. The topological polar surface area (TPSA) is 75.6 Å². The number of rotatable bonds is 3. The summed E-state index contributed by atoms with van der Waals surface area (Å²) in [6.07, 6.45) is 0.511. The second kappa shape index (κ2) is 5.62. The molecule has 0 aromatic carbocycles. The number of ether oxygens (including phenoxy) is 1. The van der Waals surface area contributed by atoms with Gasteiger partial charge in [0.15, 0.2) is 6.10 Å². The fraction of sp³-hybridized carbons (Fsp3) is 0.727. The molecule has 2 heterocycles. The van der Waals surface area contributed by atoms with E-state index >= 15 is 0 Å². The summed E-state index contributed by atoms with van der Waals surface area (Å²) in [6, 6.07) is 0. The molecule has 1 fully saturated rings. The Bertz CT molecular complexity index is 415. The van der Waals surface area contributed by atoms with Crippen LogP contribution in [0.1, 0.15) is 18.7 Å². The number of methoxy groups -OCH3 is 1. The van der Waals surface area contributed by atoms with E-state index in [1.54, 1.807) is 0 Å². The Morgan fingerprint density at radius 3 is 2.72 bits per heavy atom. The number of aliphatic hydroxyl groups is 1. The van der Waals surface area contributed by atoms with Crippen LogP contribution in [0.2, 0.25) is 0 Å². The zero-order valence-corrected chi connectivity index (χ0v) is 11.3. The number of carbonyl (C=O) groups excluding carboxylic acids is 1. The van der Waals surface area contributed by atoms with Crippen molar-refractivity contribution in [2.24, 2.45) is 5.92 Å². The molecule has 1 aliphatic rings. The van der Waals surface area contributed by atoms with Gasteiger partial charge in [-0.15, -0.1) is 0 Å². The average Bonchev–Trinajstić information content (AvgIpc) is 2.84. The molecule has 1 atom stereocenters. The molecule has 6 nitrogen and oxygen atoms in total. The highest BCUT2D eigenvalue weighted by Crippen LogP contribution is 2.26. The van der Waals surface area contributed by atoms with E-state index in [0.717, 1.165) is 36.9 Å². The number of carbonyl (C=O) groups is 1. The summed E-state index contributed by atoms with van der Waals surface area (Å²) >= 11 is 1.39. The fourth-order valence-electron chi connectivity index (χ4n) is 2.13. The largest absolute Gasteiger partial charge is 0.467 e. The summed E-state index contributed by atoms with van der Waals surface area (Å²) < 4.78 is 8.71. The van der Waals surface area contributed by atoms with E-state index in [4.69, 9.17) is 0 Å². The summed E-state index contributed by atoms with van der Waals surface area (Å²) in [5.41, 5.74) is 0. The van der Waals surface area contributed by atoms with Crippen LogP contribution in [0, 0.1) is 12.8 Å². The van der Waals surface area contributed by atoms with E-state index in [1.807, 2.05) is 6.92 Å². The molecular formula is C11H17N3O3S. The van der Waals surface area contributed by atoms with E-state index in [0.29, 0.717) is 0 Å². The van der Waals surface area contributed by atoms with Crippen molar-refractivity contribution in [3.63, 3.8) is 0 Å². The lowest BCUT2D eigenvalue weighted by Gasteiger charge is -2.32. The first kappa shape index (κ1) is 13.2. The van der Waals surface area contributed by atoms with Crippen molar-refractivity contribution >= 4 is 22.6 Å². The minimum Gasteiger partial charge on any atom is -0.467 e. The highest BCUT2D eigenvalue weighted by atomic mass is 32.1. The highest BCUT2D eigenvalue weighted by Gasteiger charge is 2.31. The molecule has 0 saturated carbocycles. The Labute approximate surface area is 110 Å². The Hall–Kier alpha value is -1.21. The van der Waals surface area contributed by atoms with Crippen LogP contribution in [-0.4, -0.2) is 46.7 Å². The normalized spacial score (nSPS) is 18.7. The highest BCUT2D eigenvalue weighted by molar-refractivity contribution is 7.09. The van der Waals surface area contributed by atoms with Crippen LogP contribution < -0.4 is 4.90 Å². The summed E-state index contributed by atoms with van der Waals surface area (Å²) in [5.74, 6) is 0.217. The molecule has 1 saturated heterocycles. The van der Waals surface area contributed by atoms with Crippen molar-refractivity contribution in [2.45, 2.75) is 25.9 Å². The second-order valence-electron chi connectivity index (χ2n) is 4.42. The number of esters is 1. The number of piperidine rings is 1. The molecule has 100 valence electrons. The first-order valence-electron chi connectivity index (χ1n) is 5.93. The van der Waals surface area contributed by atoms with Gasteiger partial charge < -0.3 is 14.7 Å². The van der Waals surface area contributed by atoms with Crippen LogP contribution in [0.3, 0.4) is 0 Å². The van der Waals surface area contributed by atoms with Gasteiger partial charge >= 0.3 is 5.97 Å². The van der Waals surface area contributed by atoms with E-state index in [1.165, 1.54) is 18.6 Å². The average molecular weight is 271 g/mol. The third-order valence-corrected chi connectivity index (χ3v) is 4.08. The molecule has 1 N–H and O–H groups in total. The molecule has 0 aliphatic carbocycles. The van der Waals surface area contributed by atoms with E-state index in [9.17, 15) is 9.90 Å². The predicted molar refractivity (Wildman–Crippen MR) is 67.6 cm³/mol. The van der Waals surface area contributed by atoms with E-state index in [2.05, 4.69) is 19.0 Å². The third-order valence-electron chi connectivity index (χ3n) is 3.22. The Balaban J connectivity index is 1.90. The van der Waals surface area contributed by atoms with Gasteiger partial charge in [0.2, 0.25) is 5.13 Å². The van der Waals surface area contributed by atoms with Crippen molar-refractivity contribution in [1.29, 1.82) is 0 Å². The maximum absolute atomic E-state index is 11.3. The molecule has 0 radical (unpaired) electrons. The summed E-state index contributed by atoms with van der Waals surface area (Å²) in [5, 5.41) is 10.7. The van der Waals surface area contributed by atoms with Gasteiger partial charge in [0.1, 0.15) is 5.82 Å². The van der Waals surface area contributed by atoms with Gasteiger partial charge in [-0.1, -0.05) is 0 Å². The summed E-state index contributed by atoms with van der Waals surface area (Å²) in [6.45, 7) is 3.44. The van der Waals surface area contributed by atoms with Crippen LogP contribution in [0.4, 0.5) is 5.13 Å². The molecule has 1 aromatic heterocycles. The van der Waals surface area contributed by atoms with Crippen molar-refractivity contribution in [3.8, 4) is 0 Å². The third kappa shape index (κ3) is 2.78. The van der Waals surface area contributed by atoms with Crippen LogP contribution >= 0.6 is 11.5 Å². The zero-order valence-electron chi connectivity index (χ0n) is 10.5. The van der Waals surface area contributed by atoms with Crippen LogP contribution in [0.15, 0.2) is 0 Å². The number of anilines is 1.